The van der Waals surface area contributed by atoms with E-state index in [1.165, 1.54) is 22.5 Å². The summed E-state index contributed by atoms with van der Waals surface area (Å²) in [7, 11) is -3.65. The van der Waals surface area contributed by atoms with Crippen LogP contribution in [0.15, 0.2) is 76.1 Å². The molecule has 0 saturated heterocycles. The first kappa shape index (κ1) is 19.0. The normalized spacial score (nSPS) is 13.6. The van der Waals surface area contributed by atoms with Crippen molar-refractivity contribution in [3.8, 4) is 0 Å². The number of furan rings is 1. The number of fused-ring (bicyclic) bond motifs is 1. The van der Waals surface area contributed by atoms with E-state index < -0.39 is 10.0 Å². The van der Waals surface area contributed by atoms with Crippen molar-refractivity contribution in [3.63, 3.8) is 0 Å². The summed E-state index contributed by atoms with van der Waals surface area (Å²) >= 11 is 0. The molecule has 0 spiro atoms. The highest BCUT2D eigenvalue weighted by Crippen LogP contribution is 2.32. The number of hydrogen-bond acceptors (Lipinski definition) is 4. The van der Waals surface area contributed by atoms with Gasteiger partial charge in [-0.3, -0.25) is 9.10 Å². The molecular weight excluding hydrogens is 388 g/mol. The Labute approximate surface area is 169 Å². The topological polar surface area (TPSA) is 79.6 Å². The highest BCUT2D eigenvalue weighted by molar-refractivity contribution is 7.92. The predicted octanol–water partition coefficient (Wildman–Crippen LogP) is 3.99. The van der Waals surface area contributed by atoms with Gasteiger partial charge >= 0.3 is 0 Å². The fourth-order valence-electron chi connectivity index (χ4n) is 3.28. The zero-order valence-corrected chi connectivity index (χ0v) is 16.6. The number of para-hydroxylation sites is 1. The van der Waals surface area contributed by atoms with E-state index in [1.807, 2.05) is 37.3 Å². The zero-order chi connectivity index (χ0) is 20.4. The average molecular weight is 408 g/mol. The summed E-state index contributed by atoms with van der Waals surface area (Å²) < 4.78 is 32.8. The Balaban J connectivity index is 1.46. The minimum absolute atomic E-state index is 0.189. The van der Waals surface area contributed by atoms with Gasteiger partial charge in [-0.15, -0.1) is 0 Å². The van der Waals surface area contributed by atoms with Crippen LogP contribution in [0.3, 0.4) is 0 Å². The minimum atomic E-state index is -3.65. The van der Waals surface area contributed by atoms with Crippen LogP contribution in [0.1, 0.15) is 17.1 Å². The van der Waals surface area contributed by atoms with E-state index >= 15 is 0 Å². The summed E-state index contributed by atoms with van der Waals surface area (Å²) in [5, 5.41) is 2.71. The Kier molecular flexibility index (Phi) is 4.98. The van der Waals surface area contributed by atoms with Gasteiger partial charge in [0.1, 0.15) is 11.5 Å². The number of amides is 1. The highest BCUT2D eigenvalue weighted by Gasteiger charge is 2.30. The van der Waals surface area contributed by atoms with Crippen LogP contribution in [0.2, 0.25) is 0 Å². The lowest BCUT2D eigenvalue weighted by molar-refractivity contribution is -0.111. The van der Waals surface area contributed by atoms with Crippen LogP contribution in [0.5, 0.6) is 0 Å². The molecule has 0 aliphatic carbocycles. The number of nitrogens with zero attached hydrogens (tertiary/aromatic N) is 1. The van der Waals surface area contributed by atoms with Crippen LogP contribution in [0.25, 0.3) is 6.08 Å². The number of sulfonamides is 1. The van der Waals surface area contributed by atoms with Crippen LogP contribution >= 0.6 is 0 Å². The van der Waals surface area contributed by atoms with Gasteiger partial charge in [-0.05, 0) is 67.4 Å². The summed E-state index contributed by atoms with van der Waals surface area (Å²) in [6, 6.07) is 17.3. The second-order valence-corrected chi connectivity index (χ2v) is 8.61. The van der Waals surface area contributed by atoms with Crippen molar-refractivity contribution in [1.29, 1.82) is 0 Å². The fraction of sp³-hybridized carbons (Fsp3) is 0.136. The first-order chi connectivity index (χ1) is 13.9. The van der Waals surface area contributed by atoms with E-state index in [-0.39, 0.29) is 10.8 Å². The molecule has 1 N–H and O–H groups in total. The number of anilines is 2. The van der Waals surface area contributed by atoms with Gasteiger partial charge in [0.25, 0.3) is 10.0 Å². The lowest BCUT2D eigenvalue weighted by Gasteiger charge is -2.19. The highest BCUT2D eigenvalue weighted by atomic mass is 32.2. The van der Waals surface area contributed by atoms with Crippen molar-refractivity contribution in [2.24, 2.45) is 0 Å². The lowest BCUT2D eigenvalue weighted by atomic mass is 10.2. The summed E-state index contributed by atoms with van der Waals surface area (Å²) in [6.45, 7) is 2.25. The number of aryl methyl sites for hydroxylation is 1. The third-order valence-corrected chi connectivity index (χ3v) is 6.54. The van der Waals surface area contributed by atoms with Gasteiger partial charge in [0.2, 0.25) is 5.91 Å². The molecule has 7 heteroatoms. The Hall–Kier alpha value is -3.32. The molecule has 1 aliphatic rings. The summed E-state index contributed by atoms with van der Waals surface area (Å²) in [6.07, 6.45) is 3.64. The molecule has 2 aromatic carbocycles. The summed E-state index contributed by atoms with van der Waals surface area (Å²) in [5.74, 6) is 1.02. The van der Waals surface area contributed by atoms with Crippen molar-refractivity contribution in [3.05, 3.63) is 83.8 Å². The average Bonchev–Trinajstić information content (AvgIpc) is 3.33. The molecule has 1 aromatic heterocycles. The van der Waals surface area contributed by atoms with Crippen LogP contribution in [-0.2, 0) is 21.2 Å². The van der Waals surface area contributed by atoms with Crippen molar-refractivity contribution < 1.29 is 17.6 Å². The van der Waals surface area contributed by atoms with Crippen LogP contribution in [0.4, 0.5) is 11.4 Å². The second-order valence-electron chi connectivity index (χ2n) is 6.75. The molecule has 1 aliphatic heterocycles. The third kappa shape index (κ3) is 3.95. The van der Waals surface area contributed by atoms with Gasteiger partial charge < -0.3 is 9.73 Å². The first-order valence-corrected chi connectivity index (χ1v) is 10.6. The standard InChI is InChI=1S/C22H20N2O4S/c1-16-6-9-19(28-16)10-13-22(25)23-18-7-11-20(12-8-18)29(26,27)24-15-14-17-4-2-3-5-21(17)24/h2-13H,14-15H2,1H3,(H,23,25)/b13-10+. The quantitative estimate of drug-likeness (QED) is 0.648. The zero-order valence-electron chi connectivity index (χ0n) is 15.8. The van der Waals surface area contributed by atoms with E-state index in [4.69, 9.17) is 4.42 Å². The molecule has 0 bridgehead atoms. The maximum Gasteiger partial charge on any atom is 0.264 e. The van der Waals surface area contributed by atoms with Crippen molar-refractivity contribution >= 4 is 33.4 Å². The van der Waals surface area contributed by atoms with E-state index in [0.717, 1.165) is 17.0 Å². The van der Waals surface area contributed by atoms with Crippen molar-refractivity contribution in [2.75, 3.05) is 16.2 Å². The van der Waals surface area contributed by atoms with Gasteiger partial charge in [-0.25, -0.2) is 8.42 Å². The lowest BCUT2D eigenvalue weighted by Crippen LogP contribution is -2.29. The summed E-state index contributed by atoms with van der Waals surface area (Å²) in [4.78, 5) is 12.2. The van der Waals surface area contributed by atoms with Crippen LogP contribution < -0.4 is 9.62 Å². The number of carbonyl (C=O) groups excluding carboxylic acids is 1. The molecule has 148 valence electrons. The summed E-state index contributed by atoms with van der Waals surface area (Å²) in [5.41, 5.74) is 2.26. The van der Waals surface area contributed by atoms with Gasteiger partial charge in [-0.2, -0.15) is 0 Å². The van der Waals surface area contributed by atoms with E-state index in [0.29, 0.717) is 24.4 Å². The van der Waals surface area contributed by atoms with Gasteiger partial charge in [0.15, 0.2) is 0 Å². The van der Waals surface area contributed by atoms with Crippen molar-refractivity contribution in [2.45, 2.75) is 18.2 Å². The molecule has 0 atom stereocenters. The third-order valence-electron chi connectivity index (χ3n) is 4.71. The molecule has 0 unspecified atom stereocenters. The number of nitrogens with one attached hydrogen (secondary N) is 1. The minimum Gasteiger partial charge on any atom is -0.462 e. The molecular formula is C22H20N2O4S. The van der Waals surface area contributed by atoms with Gasteiger partial charge in [0, 0.05) is 18.3 Å². The first-order valence-electron chi connectivity index (χ1n) is 9.20. The molecule has 6 nitrogen and oxygen atoms in total. The largest absolute Gasteiger partial charge is 0.462 e. The molecule has 1 amide bonds. The van der Waals surface area contributed by atoms with Crippen LogP contribution in [0, 0.1) is 6.92 Å². The number of carbonyl (C=O) groups is 1. The molecule has 0 saturated carbocycles. The monoisotopic (exact) mass is 408 g/mol. The molecule has 0 fully saturated rings. The van der Waals surface area contributed by atoms with Crippen molar-refractivity contribution in [1.82, 2.24) is 0 Å². The predicted molar refractivity (Wildman–Crippen MR) is 112 cm³/mol. The SMILES string of the molecule is Cc1ccc(/C=C/C(=O)Nc2ccc(S(=O)(=O)N3CCc4ccccc43)cc2)o1. The Morgan fingerprint density at radius 2 is 1.83 bits per heavy atom. The number of hydrogen-bond donors (Lipinski definition) is 1. The van der Waals surface area contributed by atoms with Crippen LogP contribution in [-0.4, -0.2) is 20.9 Å². The molecule has 3 aromatic rings. The van der Waals surface area contributed by atoms with E-state index in [9.17, 15) is 13.2 Å². The molecule has 0 radical (unpaired) electrons. The Morgan fingerprint density at radius 1 is 1.07 bits per heavy atom. The maximum atomic E-state index is 13.0. The van der Waals surface area contributed by atoms with Gasteiger partial charge in [0.05, 0.1) is 10.6 Å². The van der Waals surface area contributed by atoms with E-state index in [1.54, 1.807) is 24.3 Å². The van der Waals surface area contributed by atoms with Gasteiger partial charge in [-0.1, -0.05) is 18.2 Å². The fourth-order valence-corrected chi connectivity index (χ4v) is 4.78. The number of benzene rings is 2. The number of rotatable bonds is 5. The Morgan fingerprint density at radius 3 is 2.55 bits per heavy atom. The molecule has 29 heavy (non-hydrogen) atoms. The second kappa shape index (κ2) is 7.60. The molecule has 2 heterocycles. The Bertz CT molecular complexity index is 1180. The van der Waals surface area contributed by atoms with E-state index in [2.05, 4.69) is 5.32 Å². The maximum absolute atomic E-state index is 13.0. The molecule has 4 rings (SSSR count). The smallest absolute Gasteiger partial charge is 0.264 e.